The molecule has 1 N–H and O–H groups in total. The molecule has 0 aliphatic carbocycles. The molecule has 0 spiro atoms. The Balaban J connectivity index is 2.33. The molecule has 168 valence electrons. The number of hydrogen-bond acceptors (Lipinski definition) is 2. The molecule has 0 bridgehead atoms. The average Bonchev–Trinajstić information content (AvgIpc) is 2.68. The summed E-state index contributed by atoms with van der Waals surface area (Å²) in [6.45, 7) is 10.9. The number of aryl methyl sites for hydroxylation is 2. The van der Waals surface area contributed by atoms with Crippen LogP contribution in [0.25, 0.3) is 0 Å². The van der Waals surface area contributed by atoms with Crippen molar-refractivity contribution in [2.75, 3.05) is 6.54 Å². The van der Waals surface area contributed by atoms with Crippen molar-refractivity contribution in [1.29, 1.82) is 0 Å². The van der Waals surface area contributed by atoms with E-state index in [1.54, 1.807) is 17.0 Å². The van der Waals surface area contributed by atoms with Crippen LogP contribution in [0, 0.1) is 19.8 Å². The minimum atomic E-state index is -0.563. The minimum Gasteiger partial charge on any atom is -0.354 e. The molecule has 2 aromatic rings. The maximum atomic E-state index is 13.4. The van der Waals surface area contributed by atoms with Crippen molar-refractivity contribution in [3.63, 3.8) is 0 Å². The van der Waals surface area contributed by atoms with Crippen LogP contribution in [-0.4, -0.2) is 29.3 Å². The Kier molecular flexibility index (Phi) is 9.39. The van der Waals surface area contributed by atoms with E-state index in [1.165, 1.54) is 0 Å². The Morgan fingerprint density at radius 1 is 0.968 bits per heavy atom. The van der Waals surface area contributed by atoms with E-state index in [0.29, 0.717) is 28.9 Å². The first-order valence-corrected chi connectivity index (χ1v) is 11.4. The van der Waals surface area contributed by atoms with Crippen molar-refractivity contribution in [3.05, 3.63) is 68.7 Å². The van der Waals surface area contributed by atoms with Gasteiger partial charge in [0.2, 0.25) is 11.8 Å². The maximum absolute atomic E-state index is 13.4. The number of nitrogens with zero attached hydrogens (tertiary/aromatic N) is 1. The van der Waals surface area contributed by atoms with Gasteiger partial charge in [0.25, 0.3) is 0 Å². The van der Waals surface area contributed by atoms with E-state index in [2.05, 4.69) is 11.4 Å². The number of benzene rings is 2. The first kappa shape index (κ1) is 25.2. The van der Waals surface area contributed by atoms with Crippen molar-refractivity contribution in [2.24, 2.45) is 5.92 Å². The normalized spacial score (nSPS) is 12.0. The van der Waals surface area contributed by atoms with E-state index in [4.69, 9.17) is 23.2 Å². The van der Waals surface area contributed by atoms with Gasteiger partial charge in [0.15, 0.2) is 0 Å². The molecule has 0 aromatic heterocycles. The lowest BCUT2D eigenvalue weighted by molar-refractivity contribution is -0.141. The number of amides is 2. The summed E-state index contributed by atoms with van der Waals surface area (Å²) in [5.74, 6) is 0.101. The quantitative estimate of drug-likeness (QED) is 0.516. The van der Waals surface area contributed by atoms with Gasteiger partial charge in [0.05, 0.1) is 16.5 Å². The highest BCUT2D eigenvalue weighted by atomic mass is 35.5. The van der Waals surface area contributed by atoms with Crippen LogP contribution in [0.3, 0.4) is 0 Å². The zero-order valence-electron chi connectivity index (χ0n) is 19.0. The van der Waals surface area contributed by atoms with Gasteiger partial charge < -0.3 is 10.2 Å². The van der Waals surface area contributed by atoms with Gasteiger partial charge in [-0.05, 0) is 49.4 Å². The van der Waals surface area contributed by atoms with Gasteiger partial charge in [-0.2, -0.15) is 0 Å². The lowest BCUT2D eigenvalue weighted by Crippen LogP contribution is -2.50. The van der Waals surface area contributed by atoms with E-state index >= 15 is 0 Å². The Hall–Kier alpha value is -2.04. The van der Waals surface area contributed by atoms with Crippen LogP contribution in [0.1, 0.15) is 49.4 Å². The molecule has 1 atom stereocenters. The largest absolute Gasteiger partial charge is 0.354 e. The molecule has 0 heterocycles. The molecule has 0 radical (unpaired) electrons. The van der Waals surface area contributed by atoms with E-state index in [1.807, 2.05) is 52.8 Å². The average molecular weight is 463 g/mol. The van der Waals surface area contributed by atoms with Gasteiger partial charge in [0, 0.05) is 13.1 Å². The first-order valence-electron chi connectivity index (χ1n) is 10.7. The smallest absolute Gasteiger partial charge is 0.242 e. The van der Waals surface area contributed by atoms with Crippen molar-refractivity contribution in [1.82, 2.24) is 10.2 Å². The fraction of sp³-hybridized carbons (Fsp3) is 0.440. The van der Waals surface area contributed by atoms with Gasteiger partial charge in [-0.15, -0.1) is 0 Å². The molecule has 2 aromatic carbocycles. The van der Waals surface area contributed by atoms with Crippen LogP contribution >= 0.6 is 23.2 Å². The third kappa shape index (κ3) is 7.55. The second-order valence-electron chi connectivity index (χ2n) is 8.51. The van der Waals surface area contributed by atoms with Gasteiger partial charge in [0.1, 0.15) is 6.04 Å². The van der Waals surface area contributed by atoms with Crippen molar-refractivity contribution >= 4 is 35.0 Å². The Labute approximate surface area is 195 Å². The monoisotopic (exact) mass is 462 g/mol. The molecule has 0 fully saturated rings. The molecular formula is C25H32Cl2N2O2. The van der Waals surface area contributed by atoms with Crippen LogP contribution in [-0.2, 0) is 22.6 Å². The molecule has 0 saturated heterocycles. The summed E-state index contributed by atoms with van der Waals surface area (Å²) in [7, 11) is 0. The highest BCUT2D eigenvalue weighted by Gasteiger charge is 2.28. The number of nitrogens with one attached hydrogen (secondary N) is 1. The van der Waals surface area contributed by atoms with Crippen molar-refractivity contribution in [2.45, 2.75) is 60.0 Å². The van der Waals surface area contributed by atoms with Gasteiger partial charge in [-0.3, -0.25) is 9.59 Å². The van der Waals surface area contributed by atoms with E-state index in [-0.39, 0.29) is 24.8 Å². The van der Waals surface area contributed by atoms with E-state index in [0.717, 1.165) is 22.3 Å². The van der Waals surface area contributed by atoms with Crippen LogP contribution in [0.4, 0.5) is 0 Å². The number of carbonyl (C=O) groups excluding carboxylic acids is 2. The Morgan fingerprint density at radius 2 is 1.61 bits per heavy atom. The zero-order valence-corrected chi connectivity index (χ0v) is 20.5. The van der Waals surface area contributed by atoms with E-state index in [9.17, 15) is 9.59 Å². The SMILES string of the molecule is CCC(C(=O)NCC(C)C)N(Cc1ccc(Cl)c(Cl)c1)C(=O)Cc1cc(C)cc(C)c1. The lowest BCUT2D eigenvalue weighted by atomic mass is 10.0. The first-order chi connectivity index (χ1) is 14.6. The molecule has 0 saturated carbocycles. The van der Waals surface area contributed by atoms with Gasteiger partial charge in [-0.25, -0.2) is 0 Å². The molecule has 0 aliphatic rings. The molecule has 0 aliphatic heterocycles. The summed E-state index contributed by atoms with van der Waals surface area (Å²) in [5, 5.41) is 3.86. The van der Waals surface area contributed by atoms with Gasteiger partial charge in [-0.1, -0.05) is 79.4 Å². The zero-order chi connectivity index (χ0) is 23.1. The second kappa shape index (κ2) is 11.5. The van der Waals surface area contributed by atoms with Crippen LogP contribution in [0.2, 0.25) is 10.0 Å². The van der Waals surface area contributed by atoms with Crippen LogP contribution in [0.15, 0.2) is 36.4 Å². The highest BCUT2D eigenvalue weighted by Crippen LogP contribution is 2.24. The summed E-state index contributed by atoms with van der Waals surface area (Å²) in [4.78, 5) is 28.0. The molecular weight excluding hydrogens is 431 g/mol. The standard InChI is InChI=1S/C25H32Cl2N2O2/c1-6-23(25(31)28-14-16(2)3)29(15-19-7-8-21(26)22(27)12-19)24(30)13-20-10-17(4)9-18(5)11-20/h7-12,16,23H,6,13-15H2,1-5H3,(H,28,31). The lowest BCUT2D eigenvalue weighted by Gasteiger charge is -2.31. The fourth-order valence-electron chi connectivity index (χ4n) is 3.62. The Bertz CT molecular complexity index is 907. The maximum Gasteiger partial charge on any atom is 0.242 e. The molecule has 1 unspecified atom stereocenters. The molecule has 31 heavy (non-hydrogen) atoms. The third-order valence-corrected chi connectivity index (χ3v) is 5.78. The van der Waals surface area contributed by atoms with Crippen molar-refractivity contribution in [3.8, 4) is 0 Å². The van der Waals surface area contributed by atoms with Crippen molar-refractivity contribution < 1.29 is 9.59 Å². The number of halogens is 2. The molecule has 2 amide bonds. The number of hydrogen-bond donors (Lipinski definition) is 1. The third-order valence-electron chi connectivity index (χ3n) is 5.04. The highest BCUT2D eigenvalue weighted by molar-refractivity contribution is 6.42. The topological polar surface area (TPSA) is 49.4 Å². The van der Waals surface area contributed by atoms with Crippen LogP contribution in [0.5, 0.6) is 0 Å². The Morgan fingerprint density at radius 3 is 2.16 bits per heavy atom. The van der Waals surface area contributed by atoms with E-state index < -0.39 is 6.04 Å². The number of rotatable bonds is 9. The minimum absolute atomic E-state index is 0.0948. The second-order valence-corrected chi connectivity index (χ2v) is 9.32. The molecule has 6 heteroatoms. The summed E-state index contributed by atoms with van der Waals surface area (Å²) in [6.07, 6.45) is 0.752. The molecule has 2 rings (SSSR count). The summed E-state index contributed by atoms with van der Waals surface area (Å²) in [5.41, 5.74) is 4.00. The summed E-state index contributed by atoms with van der Waals surface area (Å²) in [6, 6.07) is 10.8. The van der Waals surface area contributed by atoms with Gasteiger partial charge >= 0.3 is 0 Å². The van der Waals surface area contributed by atoms with Crippen LogP contribution < -0.4 is 5.32 Å². The fourth-order valence-corrected chi connectivity index (χ4v) is 3.94. The molecule has 4 nitrogen and oxygen atoms in total. The summed E-state index contributed by atoms with van der Waals surface area (Å²) < 4.78 is 0. The number of carbonyl (C=O) groups is 2. The predicted molar refractivity (Wildman–Crippen MR) is 129 cm³/mol. The summed E-state index contributed by atoms with van der Waals surface area (Å²) >= 11 is 12.2. The predicted octanol–water partition coefficient (Wildman–Crippen LogP) is 5.73.